The van der Waals surface area contributed by atoms with Gasteiger partial charge in [-0.05, 0) is 29.2 Å². The highest BCUT2D eigenvalue weighted by Crippen LogP contribution is 2.54. The maximum atomic E-state index is 2.45. The monoisotopic (exact) mass is 221 g/mol. The molecule has 2 aromatic rings. The first-order valence-corrected chi connectivity index (χ1v) is 6.26. The molecule has 1 heteroatoms. The lowest BCUT2D eigenvalue weighted by Gasteiger charge is -2.22. The molecule has 0 aromatic heterocycles. The Morgan fingerprint density at radius 2 is 1.65 bits per heavy atom. The van der Waals surface area contributed by atoms with E-state index in [0.29, 0.717) is 12.0 Å². The van der Waals surface area contributed by atoms with Gasteiger partial charge in [0.05, 0.1) is 6.04 Å². The smallest absolute Gasteiger partial charge is 0.0614 e. The summed E-state index contributed by atoms with van der Waals surface area (Å²) in [5, 5.41) is 0. The number of nitrogens with zero attached hydrogens (tertiary/aromatic N) is 1. The number of anilines is 1. The number of para-hydroxylation sites is 1. The van der Waals surface area contributed by atoms with E-state index in [2.05, 4.69) is 60.5 Å². The maximum absolute atomic E-state index is 2.45. The highest BCUT2D eigenvalue weighted by Gasteiger charge is 2.42. The molecule has 0 N–H and O–H groups in total. The van der Waals surface area contributed by atoms with Gasteiger partial charge in [0.1, 0.15) is 0 Å². The molecule has 1 aliphatic carbocycles. The minimum absolute atomic E-state index is 0.559. The summed E-state index contributed by atoms with van der Waals surface area (Å²) in [4.78, 5) is 2.45. The van der Waals surface area contributed by atoms with Crippen molar-refractivity contribution in [2.45, 2.75) is 18.4 Å². The fourth-order valence-electron chi connectivity index (χ4n) is 3.60. The Labute approximate surface area is 102 Å². The van der Waals surface area contributed by atoms with Crippen molar-refractivity contribution >= 4 is 5.69 Å². The fraction of sp³-hybridized carbons (Fsp3) is 0.250. The fourth-order valence-corrected chi connectivity index (χ4v) is 3.60. The Morgan fingerprint density at radius 1 is 0.941 bits per heavy atom. The van der Waals surface area contributed by atoms with Crippen molar-refractivity contribution in [2.75, 3.05) is 11.9 Å². The SMILES string of the molecule is CN1c2ccccc2C2Cc3ccccc3C21. The lowest BCUT2D eigenvalue weighted by molar-refractivity contribution is 0.618. The molecule has 2 aromatic carbocycles. The second-order valence-corrected chi connectivity index (χ2v) is 5.12. The maximum Gasteiger partial charge on any atom is 0.0614 e. The second kappa shape index (κ2) is 3.13. The van der Waals surface area contributed by atoms with Crippen molar-refractivity contribution in [1.29, 1.82) is 0 Å². The standard InChI is InChI=1S/C16H15N/c1-17-15-9-5-4-8-13(15)14-10-11-6-2-3-7-12(11)16(14)17/h2-9,14,16H,10H2,1H3. The molecule has 2 aliphatic rings. The van der Waals surface area contributed by atoms with Crippen LogP contribution < -0.4 is 4.90 Å². The van der Waals surface area contributed by atoms with Crippen LogP contribution in [0.15, 0.2) is 48.5 Å². The Balaban J connectivity index is 1.91. The van der Waals surface area contributed by atoms with E-state index in [1.807, 2.05) is 0 Å². The molecule has 0 fully saturated rings. The van der Waals surface area contributed by atoms with Crippen LogP contribution in [0, 0.1) is 0 Å². The van der Waals surface area contributed by atoms with Crippen LogP contribution in [0.4, 0.5) is 5.69 Å². The lowest BCUT2D eigenvalue weighted by Crippen LogP contribution is -2.19. The van der Waals surface area contributed by atoms with Gasteiger partial charge >= 0.3 is 0 Å². The van der Waals surface area contributed by atoms with Gasteiger partial charge in [-0.3, -0.25) is 0 Å². The van der Waals surface area contributed by atoms with E-state index in [1.54, 1.807) is 0 Å². The van der Waals surface area contributed by atoms with E-state index in [9.17, 15) is 0 Å². The van der Waals surface area contributed by atoms with E-state index < -0.39 is 0 Å². The molecule has 0 amide bonds. The molecule has 4 rings (SSSR count). The zero-order chi connectivity index (χ0) is 11.4. The summed E-state index contributed by atoms with van der Waals surface area (Å²) < 4.78 is 0. The number of rotatable bonds is 0. The minimum Gasteiger partial charge on any atom is -0.367 e. The zero-order valence-electron chi connectivity index (χ0n) is 9.93. The van der Waals surface area contributed by atoms with Gasteiger partial charge in [0.2, 0.25) is 0 Å². The molecule has 0 spiro atoms. The van der Waals surface area contributed by atoms with Crippen LogP contribution in [0.25, 0.3) is 0 Å². The summed E-state index contributed by atoms with van der Waals surface area (Å²) in [5.41, 5.74) is 5.99. The van der Waals surface area contributed by atoms with Crippen LogP contribution in [-0.2, 0) is 6.42 Å². The minimum atomic E-state index is 0.559. The molecule has 1 heterocycles. The summed E-state index contributed by atoms with van der Waals surface area (Å²) in [7, 11) is 2.23. The number of benzene rings is 2. The third kappa shape index (κ3) is 1.09. The lowest BCUT2D eigenvalue weighted by atomic mass is 9.96. The van der Waals surface area contributed by atoms with Crippen LogP contribution in [0.3, 0.4) is 0 Å². The second-order valence-electron chi connectivity index (χ2n) is 5.12. The molecule has 0 radical (unpaired) electrons. The van der Waals surface area contributed by atoms with Gasteiger partial charge < -0.3 is 4.90 Å². The summed E-state index contributed by atoms with van der Waals surface area (Å²) in [5.74, 6) is 0.661. The largest absolute Gasteiger partial charge is 0.367 e. The van der Waals surface area contributed by atoms with Crippen LogP contribution in [0.5, 0.6) is 0 Å². The van der Waals surface area contributed by atoms with Crippen LogP contribution >= 0.6 is 0 Å². The summed E-state index contributed by atoms with van der Waals surface area (Å²) in [6.07, 6.45) is 1.20. The van der Waals surface area contributed by atoms with E-state index in [1.165, 1.54) is 28.8 Å². The summed E-state index contributed by atoms with van der Waals surface area (Å²) in [6, 6.07) is 18.3. The molecule has 0 saturated heterocycles. The number of hydrogen-bond donors (Lipinski definition) is 0. The Morgan fingerprint density at radius 3 is 2.53 bits per heavy atom. The van der Waals surface area contributed by atoms with E-state index in [4.69, 9.17) is 0 Å². The van der Waals surface area contributed by atoms with E-state index in [-0.39, 0.29) is 0 Å². The average molecular weight is 221 g/mol. The van der Waals surface area contributed by atoms with Gasteiger partial charge in [-0.25, -0.2) is 0 Å². The quantitative estimate of drug-likeness (QED) is 0.658. The first kappa shape index (κ1) is 9.29. The topological polar surface area (TPSA) is 3.24 Å². The van der Waals surface area contributed by atoms with Crippen molar-refractivity contribution < 1.29 is 0 Å². The number of hydrogen-bond acceptors (Lipinski definition) is 1. The number of fused-ring (bicyclic) bond motifs is 5. The molecule has 2 unspecified atom stereocenters. The van der Waals surface area contributed by atoms with Crippen molar-refractivity contribution in [3.05, 3.63) is 65.2 Å². The van der Waals surface area contributed by atoms with Gasteiger partial charge in [-0.15, -0.1) is 0 Å². The highest BCUT2D eigenvalue weighted by molar-refractivity contribution is 5.65. The van der Waals surface area contributed by atoms with Gasteiger partial charge in [-0.2, -0.15) is 0 Å². The molecular weight excluding hydrogens is 206 g/mol. The van der Waals surface area contributed by atoms with Gasteiger partial charge in [0.25, 0.3) is 0 Å². The van der Waals surface area contributed by atoms with E-state index in [0.717, 1.165) is 0 Å². The molecule has 1 nitrogen and oxygen atoms in total. The van der Waals surface area contributed by atoms with Crippen molar-refractivity contribution in [3.8, 4) is 0 Å². The van der Waals surface area contributed by atoms with E-state index >= 15 is 0 Å². The molecule has 0 bridgehead atoms. The van der Waals surface area contributed by atoms with Crippen LogP contribution in [0.2, 0.25) is 0 Å². The van der Waals surface area contributed by atoms with Gasteiger partial charge in [0.15, 0.2) is 0 Å². The first-order valence-electron chi connectivity index (χ1n) is 6.26. The first-order chi connectivity index (χ1) is 8.36. The predicted molar refractivity (Wildman–Crippen MR) is 70.5 cm³/mol. The van der Waals surface area contributed by atoms with Gasteiger partial charge in [-0.1, -0.05) is 42.5 Å². The van der Waals surface area contributed by atoms with Gasteiger partial charge in [0, 0.05) is 18.7 Å². The molecule has 0 saturated carbocycles. The van der Waals surface area contributed by atoms with Crippen LogP contribution in [0.1, 0.15) is 28.7 Å². The molecule has 2 atom stereocenters. The Bertz CT molecular complexity index is 588. The summed E-state index contributed by atoms with van der Waals surface area (Å²) in [6.45, 7) is 0. The number of likely N-dealkylation sites (N-methyl/N-ethyl adjacent to an activating group) is 1. The zero-order valence-corrected chi connectivity index (χ0v) is 9.93. The third-order valence-corrected chi connectivity index (χ3v) is 4.33. The molecular formula is C16H15N. The normalized spacial score (nSPS) is 24.4. The van der Waals surface area contributed by atoms with Crippen LogP contribution in [-0.4, -0.2) is 7.05 Å². The Kier molecular flexibility index (Phi) is 1.71. The molecule has 17 heavy (non-hydrogen) atoms. The predicted octanol–water partition coefficient (Wildman–Crippen LogP) is 3.52. The Hall–Kier alpha value is -1.76. The molecule has 84 valence electrons. The summed E-state index contributed by atoms with van der Waals surface area (Å²) >= 11 is 0. The molecule has 1 aliphatic heterocycles. The van der Waals surface area contributed by atoms with Crippen molar-refractivity contribution in [2.24, 2.45) is 0 Å². The third-order valence-electron chi connectivity index (χ3n) is 4.33. The van der Waals surface area contributed by atoms with Crippen molar-refractivity contribution in [3.63, 3.8) is 0 Å². The highest BCUT2D eigenvalue weighted by atomic mass is 15.2. The van der Waals surface area contributed by atoms with Crippen molar-refractivity contribution in [1.82, 2.24) is 0 Å². The average Bonchev–Trinajstić information content (AvgIpc) is 2.88.